The fourth-order valence-corrected chi connectivity index (χ4v) is 2.98. The summed E-state index contributed by atoms with van der Waals surface area (Å²) < 4.78 is 12.7. The highest BCUT2D eigenvalue weighted by Gasteiger charge is 2.25. The van der Waals surface area contributed by atoms with E-state index in [1.165, 1.54) is 5.56 Å². The maximum absolute atomic E-state index is 5.95. The first-order valence-corrected chi connectivity index (χ1v) is 7.48. The van der Waals surface area contributed by atoms with Crippen LogP contribution >= 0.6 is 15.9 Å². The minimum atomic E-state index is 0.147. The van der Waals surface area contributed by atoms with Crippen molar-refractivity contribution >= 4 is 15.9 Å². The van der Waals surface area contributed by atoms with Crippen molar-refractivity contribution in [3.05, 3.63) is 28.2 Å². The molecule has 1 aromatic rings. The van der Waals surface area contributed by atoms with E-state index in [-0.39, 0.29) is 6.10 Å². The Morgan fingerprint density at radius 1 is 1.42 bits per heavy atom. The Morgan fingerprint density at radius 3 is 2.89 bits per heavy atom. The second kappa shape index (κ2) is 5.79. The van der Waals surface area contributed by atoms with E-state index >= 15 is 0 Å². The molecule has 1 aromatic carbocycles. The highest BCUT2D eigenvalue weighted by atomic mass is 79.9. The molecule has 0 radical (unpaired) electrons. The van der Waals surface area contributed by atoms with Gasteiger partial charge in [-0.25, -0.2) is 0 Å². The highest BCUT2D eigenvalue weighted by Crippen LogP contribution is 2.31. The van der Waals surface area contributed by atoms with Crippen LogP contribution in [0.1, 0.15) is 11.7 Å². The van der Waals surface area contributed by atoms with Gasteiger partial charge in [0.2, 0.25) is 0 Å². The second-order valence-electron chi connectivity index (χ2n) is 5.21. The maximum atomic E-state index is 5.95. The van der Waals surface area contributed by atoms with Crippen LogP contribution in [-0.2, 0) is 4.74 Å². The summed E-state index contributed by atoms with van der Waals surface area (Å²) >= 11 is 3.60. The first-order valence-electron chi connectivity index (χ1n) is 6.69. The monoisotopic (exact) mass is 326 g/mol. The molecule has 0 aromatic heterocycles. The molecule has 0 bridgehead atoms. The largest absolute Gasteiger partial charge is 0.487 e. The summed E-state index contributed by atoms with van der Waals surface area (Å²) in [6.07, 6.45) is 0.466. The van der Waals surface area contributed by atoms with Gasteiger partial charge in [0, 0.05) is 26.2 Å². The lowest BCUT2D eigenvalue weighted by Crippen LogP contribution is -2.51. The number of hydrogen-bond donors (Lipinski definition) is 1. The number of halogens is 1. The molecule has 19 heavy (non-hydrogen) atoms. The third-order valence-corrected chi connectivity index (χ3v) is 4.20. The molecule has 1 unspecified atom stereocenters. The molecule has 2 fully saturated rings. The lowest BCUT2D eigenvalue weighted by molar-refractivity contribution is 0.0272. The Bertz CT molecular complexity index is 443. The van der Waals surface area contributed by atoms with Crippen molar-refractivity contribution in [2.45, 2.75) is 12.2 Å². The van der Waals surface area contributed by atoms with Crippen LogP contribution in [0.4, 0.5) is 0 Å². The van der Waals surface area contributed by atoms with Gasteiger partial charge in [0.1, 0.15) is 11.9 Å². The van der Waals surface area contributed by atoms with Crippen LogP contribution in [0.2, 0.25) is 0 Å². The van der Waals surface area contributed by atoms with Crippen molar-refractivity contribution in [1.82, 2.24) is 10.2 Å². The maximum Gasteiger partial charge on any atom is 0.134 e. The van der Waals surface area contributed by atoms with E-state index in [1.807, 2.05) is 6.07 Å². The lowest BCUT2D eigenvalue weighted by Gasteiger charge is -2.36. The topological polar surface area (TPSA) is 33.7 Å². The third kappa shape index (κ3) is 3.11. The third-order valence-electron chi connectivity index (χ3n) is 3.58. The minimum Gasteiger partial charge on any atom is -0.487 e. The highest BCUT2D eigenvalue weighted by molar-refractivity contribution is 9.10. The van der Waals surface area contributed by atoms with Gasteiger partial charge < -0.3 is 14.8 Å². The average molecular weight is 327 g/mol. The molecule has 0 aliphatic carbocycles. The minimum absolute atomic E-state index is 0.147. The predicted molar refractivity (Wildman–Crippen MR) is 77.6 cm³/mol. The number of ether oxygens (including phenoxy) is 2. The van der Waals surface area contributed by atoms with Crippen molar-refractivity contribution in [2.24, 2.45) is 0 Å². The van der Waals surface area contributed by atoms with E-state index in [4.69, 9.17) is 9.47 Å². The predicted octanol–water partition coefficient (Wildman–Crippen LogP) is 1.80. The molecular weight excluding hydrogens is 308 g/mol. The van der Waals surface area contributed by atoms with Gasteiger partial charge in [-0.3, -0.25) is 4.90 Å². The van der Waals surface area contributed by atoms with E-state index in [0.29, 0.717) is 6.10 Å². The second-order valence-corrected chi connectivity index (χ2v) is 6.07. The number of likely N-dealkylation sites (tertiary alicyclic amines) is 1. The molecule has 2 heterocycles. The Kier molecular flexibility index (Phi) is 4.07. The van der Waals surface area contributed by atoms with Crippen LogP contribution in [0.15, 0.2) is 22.7 Å². The molecule has 2 aliphatic rings. The van der Waals surface area contributed by atoms with Crippen LogP contribution in [0.5, 0.6) is 5.75 Å². The molecule has 4 nitrogen and oxygen atoms in total. The van der Waals surface area contributed by atoms with E-state index in [9.17, 15) is 0 Å². The zero-order valence-corrected chi connectivity index (χ0v) is 12.6. The Balaban J connectivity index is 1.66. The van der Waals surface area contributed by atoms with Crippen LogP contribution in [0.3, 0.4) is 0 Å². The number of hydrogen-bond acceptors (Lipinski definition) is 4. The summed E-state index contributed by atoms with van der Waals surface area (Å²) in [6.45, 7) is 4.59. The van der Waals surface area contributed by atoms with Gasteiger partial charge in [-0.05, 0) is 40.7 Å². The van der Waals surface area contributed by atoms with Gasteiger partial charge in [0.05, 0.1) is 17.2 Å². The van der Waals surface area contributed by atoms with E-state index in [0.717, 1.165) is 43.0 Å². The van der Waals surface area contributed by atoms with Crippen LogP contribution in [0, 0.1) is 0 Å². The Morgan fingerprint density at radius 2 is 2.26 bits per heavy atom. The Labute approximate surface area is 122 Å². The van der Waals surface area contributed by atoms with Crippen molar-refractivity contribution < 1.29 is 9.47 Å². The van der Waals surface area contributed by atoms with Crippen LogP contribution < -0.4 is 10.1 Å². The number of nitrogens with one attached hydrogen (secondary N) is 1. The summed E-state index contributed by atoms with van der Waals surface area (Å²) in [5, 5.41) is 3.35. The number of benzene rings is 1. The zero-order chi connectivity index (χ0) is 13.2. The van der Waals surface area contributed by atoms with E-state index in [2.05, 4.69) is 45.3 Å². The molecule has 1 N–H and O–H groups in total. The average Bonchev–Trinajstić information content (AvgIpc) is 2.40. The molecule has 0 saturated carbocycles. The molecule has 104 valence electrons. The van der Waals surface area contributed by atoms with Gasteiger partial charge in [0.15, 0.2) is 0 Å². The molecule has 2 saturated heterocycles. The SMILES string of the molecule is CN1CC(Oc2ccc(C3CNCCO3)cc2Br)C1. The van der Waals surface area contributed by atoms with Crippen molar-refractivity contribution in [1.29, 1.82) is 0 Å². The molecular formula is C14H19BrN2O2. The number of morpholine rings is 1. The van der Waals surface area contributed by atoms with Crippen LogP contribution in [-0.4, -0.2) is 50.8 Å². The van der Waals surface area contributed by atoms with E-state index < -0.39 is 0 Å². The number of nitrogens with zero attached hydrogens (tertiary/aromatic N) is 1. The summed E-state index contributed by atoms with van der Waals surface area (Å²) in [4.78, 5) is 2.24. The van der Waals surface area contributed by atoms with Gasteiger partial charge in [0.25, 0.3) is 0 Å². The quantitative estimate of drug-likeness (QED) is 0.918. The Hall–Kier alpha value is -0.620. The number of rotatable bonds is 3. The van der Waals surface area contributed by atoms with Gasteiger partial charge in [-0.2, -0.15) is 0 Å². The first kappa shape index (κ1) is 13.4. The van der Waals surface area contributed by atoms with Crippen molar-refractivity contribution in [2.75, 3.05) is 39.8 Å². The standard InChI is InChI=1S/C14H19BrN2O2/c1-17-8-11(9-17)19-13-3-2-10(6-12(13)15)14-7-16-4-5-18-14/h2-3,6,11,14,16H,4-5,7-9H2,1H3. The lowest BCUT2D eigenvalue weighted by atomic mass is 10.1. The van der Waals surface area contributed by atoms with Gasteiger partial charge in [-0.1, -0.05) is 6.07 Å². The normalized spacial score (nSPS) is 25.1. The fourth-order valence-electron chi connectivity index (χ4n) is 2.49. The van der Waals surface area contributed by atoms with Crippen LogP contribution in [0.25, 0.3) is 0 Å². The molecule has 0 spiro atoms. The van der Waals surface area contributed by atoms with Gasteiger partial charge >= 0.3 is 0 Å². The van der Waals surface area contributed by atoms with E-state index in [1.54, 1.807) is 0 Å². The molecule has 3 rings (SSSR count). The van der Waals surface area contributed by atoms with Crippen molar-refractivity contribution in [3.63, 3.8) is 0 Å². The molecule has 5 heteroatoms. The van der Waals surface area contributed by atoms with Gasteiger partial charge in [-0.15, -0.1) is 0 Å². The number of likely N-dealkylation sites (N-methyl/N-ethyl adjacent to an activating group) is 1. The zero-order valence-electron chi connectivity index (χ0n) is 11.1. The van der Waals surface area contributed by atoms with Crippen molar-refractivity contribution in [3.8, 4) is 5.75 Å². The smallest absolute Gasteiger partial charge is 0.134 e. The first-order chi connectivity index (χ1) is 9.22. The molecule has 1 atom stereocenters. The summed E-state index contributed by atoms with van der Waals surface area (Å²) in [5.41, 5.74) is 1.19. The molecule has 2 aliphatic heterocycles. The summed E-state index contributed by atoms with van der Waals surface area (Å²) in [5.74, 6) is 0.922. The fraction of sp³-hybridized carbons (Fsp3) is 0.571. The molecule has 0 amide bonds. The summed E-state index contributed by atoms with van der Waals surface area (Å²) in [7, 11) is 2.10. The summed E-state index contributed by atoms with van der Waals surface area (Å²) in [6, 6.07) is 6.24.